The molecular formula is C29H38N2O4. The minimum Gasteiger partial charge on any atom is -0.493 e. The Labute approximate surface area is 209 Å². The minimum atomic E-state index is 0.287. The molecule has 0 amide bonds. The number of methoxy groups -OCH3 is 4. The predicted molar refractivity (Wildman–Crippen MR) is 138 cm³/mol. The second-order valence-electron chi connectivity index (χ2n) is 9.77. The highest BCUT2D eigenvalue weighted by Crippen LogP contribution is 2.46. The van der Waals surface area contributed by atoms with Crippen molar-refractivity contribution < 1.29 is 18.9 Å². The third kappa shape index (κ3) is 4.38. The van der Waals surface area contributed by atoms with Gasteiger partial charge in [-0.2, -0.15) is 0 Å². The van der Waals surface area contributed by atoms with Gasteiger partial charge < -0.3 is 24.3 Å². The summed E-state index contributed by atoms with van der Waals surface area (Å²) in [5.41, 5.74) is 8.68. The number of fused-ring (bicyclic) bond motifs is 4. The number of benzene rings is 2. The van der Waals surface area contributed by atoms with Crippen LogP contribution in [0.2, 0.25) is 0 Å². The molecule has 3 heterocycles. The molecule has 0 aliphatic carbocycles. The Balaban J connectivity index is 1.46. The van der Waals surface area contributed by atoms with Crippen molar-refractivity contribution in [3.05, 3.63) is 57.7 Å². The van der Waals surface area contributed by atoms with E-state index in [-0.39, 0.29) is 6.04 Å². The van der Waals surface area contributed by atoms with Crippen LogP contribution in [0.1, 0.15) is 60.5 Å². The Morgan fingerprint density at radius 1 is 0.800 bits per heavy atom. The van der Waals surface area contributed by atoms with Crippen molar-refractivity contribution in [3.8, 4) is 23.0 Å². The SMILES string of the molecule is CCC1=C(C[C@H]2NCCc3cc(OC)c(OC)cc32)C[C@H]2c3cc(OC)c(OC)cc3CCN2C1. The van der Waals surface area contributed by atoms with E-state index in [1.54, 1.807) is 39.6 Å². The lowest BCUT2D eigenvalue weighted by Crippen LogP contribution is -2.40. The smallest absolute Gasteiger partial charge is 0.161 e. The van der Waals surface area contributed by atoms with Crippen molar-refractivity contribution in [2.45, 2.75) is 51.1 Å². The van der Waals surface area contributed by atoms with Gasteiger partial charge in [0.15, 0.2) is 23.0 Å². The first-order valence-electron chi connectivity index (χ1n) is 12.8. The number of ether oxygens (including phenoxy) is 4. The van der Waals surface area contributed by atoms with Gasteiger partial charge in [-0.05, 0) is 85.2 Å². The van der Waals surface area contributed by atoms with Gasteiger partial charge in [0.1, 0.15) is 0 Å². The lowest BCUT2D eigenvalue weighted by molar-refractivity contribution is 0.181. The molecule has 35 heavy (non-hydrogen) atoms. The van der Waals surface area contributed by atoms with E-state index in [0.717, 1.165) is 74.7 Å². The third-order valence-electron chi connectivity index (χ3n) is 8.13. The average molecular weight is 479 g/mol. The van der Waals surface area contributed by atoms with E-state index in [1.807, 2.05) is 0 Å². The van der Waals surface area contributed by atoms with Gasteiger partial charge in [-0.1, -0.05) is 18.1 Å². The molecule has 0 aromatic heterocycles. The van der Waals surface area contributed by atoms with Crippen molar-refractivity contribution in [2.75, 3.05) is 48.1 Å². The highest BCUT2D eigenvalue weighted by atomic mass is 16.5. The van der Waals surface area contributed by atoms with Gasteiger partial charge >= 0.3 is 0 Å². The molecule has 1 N–H and O–H groups in total. The van der Waals surface area contributed by atoms with Gasteiger partial charge in [0, 0.05) is 25.2 Å². The molecule has 2 atom stereocenters. The summed E-state index contributed by atoms with van der Waals surface area (Å²) in [4.78, 5) is 2.66. The molecule has 5 rings (SSSR count). The van der Waals surface area contributed by atoms with Gasteiger partial charge in [0.05, 0.1) is 28.4 Å². The van der Waals surface area contributed by atoms with Crippen LogP contribution in [0.3, 0.4) is 0 Å². The van der Waals surface area contributed by atoms with E-state index in [2.05, 4.69) is 41.4 Å². The molecule has 3 aliphatic heterocycles. The molecule has 0 saturated carbocycles. The number of nitrogens with one attached hydrogen (secondary N) is 1. The van der Waals surface area contributed by atoms with E-state index in [1.165, 1.54) is 22.3 Å². The predicted octanol–water partition coefficient (Wildman–Crippen LogP) is 5.01. The van der Waals surface area contributed by atoms with Crippen LogP contribution in [0, 0.1) is 0 Å². The normalized spacial score (nSPS) is 21.6. The van der Waals surface area contributed by atoms with E-state index in [4.69, 9.17) is 18.9 Å². The standard InChI is InChI=1S/C29H38N2O4/c1-6-18-17-31-10-8-20-14-27(33-3)29(35-5)16-23(20)25(31)12-21(18)11-24-22-15-28(34-4)26(32-2)13-19(22)7-9-30-24/h13-16,24-25,30H,6-12,17H2,1-5H3/t24-,25+/m1/s1. The summed E-state index contributed by atoms with van der Waals surface area (Å²) >= 11 is 0. The van der Waals surface area contributed by atoms with Crippen molar-refractivity contribution in [1.82, 2.24) is 10.2 Å². The molecule has 3 aliphatic rings. The Morgan fingerprint density at radius 2 is 1.40 bits per heavy atom. The molecule has 0 bridgehead atoms. The average Bonchev–Trinajstić information content (AvgIpc) is 2.91. The number of nitrogens with zero attached hydrogens (tertiary/aromatic N) is 1. The van der Waals surface area contributed by atoms with Crippen LogP contribution < -0.4 is 24.3 Å². The molecule has 188 valence electrons. The van der Waals surface area contributed by atoms with Crippen LogP contribution in [0.15, 0.2) is 35.4 Å². The maximum Gasteiger partial charge on any atom is 0.161 e. The summed E-state index contributed by atoms with van der Waals surface area (Å²) in [6, 6.07) is 9.41. The second-order valence-corrected chi connectivity index (χ2v) is 9.77. The number of hydrogen-bond acceptors (Lipinski definition) is 6. The second kappa shape index (κ2) is 10.1. The maximum atomic E-state index is 5.66. The van der Waals surface area contributed by atoms with Crippen LogP contribution >= 0.6 is 0 Å². The Morgan fingerprint density at radius 3 is 2.03 bits per heavy atom. The Bertz CT molecular complexity index is 1130. The summed E-state index contributed by atoms with van der Waals surface area (Å²) in [6.45, 7) is 5.43. The minimum absolute atomic E-state index is 0.287. The molecule has 0 radical (unpaired) electrons. The Hall–Kier alpha value is -2.70. The fourth-order valence-corrected chi connectivity index (χ4v) is 6.23. The highest BCUT2D eigenvalue weighted by molar-refractivity contribution is 5.51. The van der Waals surface area contributed by atoms with Crippen LogP contribution in [-0.4, -0.2) is 53.0 Å². The highest BCUT2D eigenvalue weighted by Gasteiger charge is 2.35. The largest absolute Gasteiger partial charge is 0.493 e. The lowest BCUT2D eigenvalue weighted by atomic mass is 9.80. The van der Waals surface area contributed by atoms with Crippen LogP contribution in [-0.2, 0) is 12.8 Å². The van der Waals surface area contributed by atoms with E-state index in [9.17, 15) is 0 Å². The maximum absolute atomic E-state index is 5.66. The third-order valence-corrected chi connectivity index (χ3v) is 8.13. The molecule has 0 fully saturated rings. The molecular weight excluding hydrogens is 440 g/mol. The summed E-state index contributed by atoms with van der Waals surface area (Å²) in [5.74, 6) is 3.27. The molecule has 6 nitrogen and oxygen atoms in total. The van der Waals surface area contributed by atoms with Crippen molar-refractivity contribution >= 4 is 0 Å². The first kappa shape index (κ1) is 24.0. The quantitative estimate of drug-likeness (QED) is 0.565. The Kier molecular flexibility index (Phi) is 6.94. The fourth-order valence-electron chi connectivity index (χ4n) is 6.23. The molecule has 2 aromatic carbocycles. The summed E-state index contributed by atoms with van der Waals surface area (Å²) in [5, 5.41) is 3.80. The summed E-state index contributed by atoms with van der Waals surface area (Å²) in [6.07, 6.45) is 5.25. The monoisotopic (exact) mass is 478 g/mol. The van der Waals surface area contributed by atoms with Gasteiger partial charge in [-0.25, -0.2) is 0 Å². The first-order valence-corrected chi connectivity index (χ1v) is 12.8. The molecule has 6 heteroatoms. The summed E-state index contributed by atoms with van der Waals surface area (Å²) < 4.78 is 22.5. The first-order chi connectivity index (χ1) is 17.1. The van der Waals surface area contributed by atoms with Gasteiger partial charge in [-0.15, -0.1) is 0 Å². The zero-order chi connectivity index (χ0) is 24.5. The fraction of sp³-hybridized carbons (Fsp3) is 0.517. The van der Waals surface area contributed by atoms with E-state index >= 15 is 0 Å². The molecule has 0 spiro atoms. The van der Waals surface area contributed by atoms with E-state index in [0.29, 0.717) is 6.04 Å². The van der Waals surface area contributed by atoms with Crippen LogP contribution in [0.4, 0.5) is 0 Å². The van der Waals surface area contributed by atoms with E-state index < -0.39 is 0 Å². The van der Waals surface area contributed by atoms with Crippen molar-refractivity contribution in [1.29, 1.82) is 0 Å². The van der Waals surface area contributed by atoms with Crippen LogP contribution in [0.25, 0.3) is 0 Å². The zero-order valence-corrected chi connectivity index (χ0v) is 21.7. The zero-order valence-electron chi connectivity index (χ0n) is 21.7. The molecule has 0 saturated heterocycles. The van der Waals surface area contributed by atoms with Gasteiger partial charge in [-0.3, -0.25) is 4.90 Å². The number of hydrogen-bond donors (Lipinski definition) is 1. The molecule has 0 unspecified atom stereocenters. The van der Waals surface area contributed by atoms with Crippen molar-refractivity contribution in [3.63, 3.8) is 0 Å². The van der Waals surface area contributed by atoms with Gasteiger partial charge in [0.25, 0.3) is 0 Å². The topological polar surface area (TPSA) is 52.2 Å². The number of rotatable bonds is 7. The van der Waals surface area contributed by atoms with Crippen LogP contribution in [0.5, 0.6) is 23.0 Å². The molecule has 2 aromatic rings. The summed E-state index contributed by atoms with van der Waals surface area (Å²) in [7, 11) is 6.86. The van der Waals surface area contributed by atoms with Gasteiger partial charge in [0.2, 0.25) is 0 Å². The lowest BCUT2D eigenvalue weighted by Gasteiger charge is -2.43. The van der Waals surface area contributed by atoms with Crippen molar-refractivity contribution in [2.24, 2.45) is 0 Å².